The molecule has 4 nitrogen and oxygen atoms in total. The largest absolute Gasteiger partial charge is 0.466 e. The molecule has 0 spiro atoms. The Labute approximate surface area is 126 Å². The van der Waals surface area contributed by atoms with Crippen LogP contribution in [0.3, 0.4) is 0 Å². The Morgan fingerprint density at radius 3 is 2.90 bits per heavy atom. The van der Waals surface area contributed by atoms with Gasteiger partial charge in [0.05, 0.1) is 17.3 Å². The Morgan fingerprint density at radius 1 is 1.35 bits per heavy atom. The molecule has 0 atom stereocenters. The number of rotatable bonds is 6. The lowest BCUT2D eigenvalue weighted by Gasteiger charge is -2.08. The lowest BCUT2D eigenvalue weighted by atomic mass is 10.2. The second-order valence-corrected chi connectivity index (χ2v) is 5.24. The Balaban J connectivity index is 1.99. The summed E-state index contributed by atoms with van der Waals surface area (Å²) in [6.07, 6.45) is 2.56. The quantitative estimate of drug-likeness (QED) is 0.843. The van der Waals surface area contributed by atoms with E-state index in [1.165, 1.54) is 0 Å². The number of halogens is 1. The average Bonchev–Trinajstić information content (AvgIpc) is 2.88. The Morgan fingerprint density at radius 2 is 2.20 bits per heavy atom. The summed E-state index contributed by atoms with van der Waals surface area (Å²) in [6, 6.07) is 9.28. The maximum atomic E-state index is 11.9. The molecule has 0 saturated heterocycles. The van der Waals surface area contributed by atoms with Crippen molar-refractivity contribution in [1.29, 1.82) is 0 Å². The second-order valence-electron chi connectivity index (χ2n) is 4.38. The van der Waals surface area contributed by atoms with Crippen LogP contribution in [0, 0.1) is 0 Å². The highest BCUT2D eigenvalue weighted by Crippen LogP contribution is 2.19. The first-order valence-corrected chi connectivity index (χ1v) is 7.34. The van der Waals surface area contributed by atoms with Crippen molar-refractivity contribution >= 4 is 27.5 Å². The van der Waals surface area contributed by atoms with Gasteiger partial charge >= 0.3 is 0 Å². The molecule has 1 aromatic heterocycles. The fourth-order valence-corrected chi connectivity index (χ4v) is 2.09. The van der Waals surface area contributed by atoms with Crippen LogP contribution in [0.25, 0.3) is 0 Å². The molecule has 2 rings (SSSR count). The molecular formula is C15H17BrN2O2. The molecule has 0 aliphatic carbocycles. The first-order valence-electron chi connectivity index (χ1n) is 6.54. The van der Waals surface area contributed by atoms with Gasteiger partial charge in [0.25, 0.3) is 5.91 Å². The fraction of sp³-hybridized carbons (Fsp3) is 0.267. The smallest absolute Gasteiger partial charge is 0.251 e. The SMILES string of the molecule is CCCNC(=O)c1cccc(NCc2occc2Br)c1. The number of benzene rings is 1. The lowest BCUT2D eigenvalue weighted by molar-refractivity contribution is 0.0953. The zero-order valence-electron chi connectivity index (χ0n) is 11.3. The summed E-state index contributed by atoms with van der Waals surface area (Å²) < 4.78 is 6.26. The summed E-state index contributed by atoms with van der Waals surface area (Å²) in [5, 5.41) is 6.10. The predicted octanol–water partition coefficient (Wildman–Crippen LogP) is 3.79. The Hall–Kier alpha value is -1.75. The van der Waals surface area contributed by atoms with Gasteiger partial charge in [-0.25, -0.2) is 0 Å². The van der Waals surface area contributed by atoms with Crippen LogP contribution in [0.5, 0.6) is 0 Å². The van der Waals surface area contributed by atoms with Crippen molar-refractivity contribution in [2.75, 3.05) is 11.9 Å². The standard InChI is InChI=1S/C15H17BrN2O2/c1-2-7-17-15(19)11-4-3-5-12(9-11)18-10-14-13(16)6-8-20-14/h3-6,8-9,18H,2,7,10H2,1H3,(H,17,19). The number of furan rings is 1. The molecule has 0 fully saturated rings. The van der Waals surface area contributed by atoms with Gasteiger partial charge in [-0.15, -0.1) is 0 Å². The van der Waals surface area contributed by atoms with Gasteiger partial charge in [-0.2, -0.15) is 0 Å². The molecule has 2 aromatic rings. The van der Waals surface area contributed by atoms with Crippen LogP contribution in [0.4, 0.5) is 5.69 Å². The van der Waals surface area contributed by atoms with E-state index in [-0.39, 0.29) is 5.91 Å². The van der Waals surface area contributed by atoms with E-state index < -0.39 is 0 Å². The predicted molar refractivity (Wildman–Crippen MR) is 82.8 cm³/mol. The normalized spacial score (nSPS) is 10.3. The van der Waals surface area contributed by atoms with Gasteiger partial charge in [-0.1, -0.05) is 13.0 Å². The third-order valence-corrected chi connectivity index (χ3v) is 3.51. The number of carbonyl (C=O) groups is 1. The molecular weight excluding hydrogens is 320 g/mol. The number of anilines is 1. The molecule has 0 aliphatic rings. The van der Waals surface area contributed by atoms with E-state index in [1.807, 2.05) is 31.2 Å². The summed E-state index contributed by atoms with van der Waals surface area (Å²) in [5.74, 6) is 0.778. The first kappa shape index (κ1) is 14.7. The van der Waals surface area contributed by atoms with Crippen molar-refractivity contribution < 1.29 is 9.21 Å². The van der Waals surface area contributed by atoms with Crippen molar-refractivity contribution in [3.8, 4) is 0 Å². The highest BCUT2D eigenvalue weighted by molar-refractivity contribution is 9.10. The summed E-state index contributed by atoms with van der Waals surface area (Å²) in [7, 11) is 0. The van der Waals surface area contributed by atoms with E-state index >= 15 is 0 Å². The minimum atomic E-state index is -0.0466. The van der Waals surface area contributed by atoms with Crippen molar-refractivity contribution in [3.63, 3.8) is 0 Å². The van der Waals surface area contributed by atoms with Crippen LogP contribution in [-0.2, 0) is 6.54 Å². The maximum Gasteiger partial charge on any atom is 0.251 e. The van der Waals surface area contributed by atoms with Crippen molar-refractivity contribution in [2.45, 2.75) is 19.9 Å². The summed E-state index contributed by atoms with van der Waals surface area (Å²) in [4.78, 5) is 11.9. The molecule has 0 unspecified atom stereocenters. The molecule has 0 radical (unpaired) electrons. The zero-order chi connectivity index (χ0) is 14.4. The molecule has 5 heteroatoms. The highest BCUT2D eigenvalue weighted by Gasteiger charge is 2.06. The summed E-state index contributed by atoms with van der Waals surface area (Å²) >= 11 is 3.41. The third-order valence-electron chi connectivity index (χ3n) is 2.80. The Bertz CT molecular complexity index is 581. The topological polar surface area (TPSA) is 54.3 Å². The highest BCUT2D eigenvalue weighted by atomic mass is 79.9. The minimum Gasteiger partial charge on any atom is -0.466 e. The van der Waals surface area contributed by atoms with Gasteiger partial charge in [0, 0.05) is 17.8 Å². The second kappa shape index (κ2) is 7.14. The van der Waals surface area contributed by atoms with Gasteiger partial charge in [0.1, 0.15) is 5.76 Å². The maximum absolute atomic E-state index is 11.9. The number of amides is 1. The molecule has 1 aromatic carbocycles. The van der Waals surface area contributed by atoms with Crippen LogP contribution in [0.2, 0.25) is 0 Å². The molecule has 0 bridgehead atoms. The average molecular weight is 337 g/mol. The molecule has 1 amide bonds. The molecule has 1 heterocycles. The zero-order valence-corrected chi connectivity index (χ0v) is 12.9. The summed E-state index contributed by atoms with van der Waals surface area (Å²) in [6.45, 7) is 3.28. The van der Waals surface area contributed by atoms with Crippen LogP contribution >= 0.6 is 15.9 Å². The summed E-state index contributed by atoms with van der Waals surface area (Å²) in [5.41, 5.74) is 1.54. The van der Waals surface area contributed by atoms with Crippen LogP contribution < -0.4 is 10.6 Å². The van der Waals surface area contributed by atoms with Crippen LogP contribution in [0.15, 0.2) is 45.5 Å². The molecule has 0 aliphatic heterocycles. The molecule has 106 valence electrons. The number of carbonyl (C=O) groups excluding carboxylic acids is 1. The third kappa shape index (κ3) is 3.87. The van der Waals surface area contributed by atoms with Gasteiger partial charge < -0.3 is 15.1 Å². The minimum absolute atomic E-state index is 0.0466. The number of hydrogen-bond donors (Lipinski definition) is 2. The van der Waals surface area contributed by atoms with E-state index in [0.717, 1.165) is 22.3 Å². The van der Waals surface area contributed by atoms with Crippen molar-refractivity contribution in [1.82, 2.24) is 5.32 Å². The number of nitrogens with one attached hydrogen (secondary N) is 2. The monoisotopic (exact) mass is 336 g/mol. The van der Waals surface area contributed by atoms with Gasteiger partial charge in [0.2, 0.25) is 0 Å². The first-order chi connectivity index (χ1) is 9.70. The van der Waals surface area contributed by atoms with E-state index in [4.69, 9.17) is 4.42 Å². The van der Waals surface area contributed by atoms with Crippen molar-refractivity contribution in [2.24, 2.45) is 0 Å². The molecule has 2 N–H and O–H groups in total. The van der Waals surface area contributed by atoms with Gasteiger partial charge in [-0.05, 0) is 46.6 Å². The van der Waals surface area contributed by atoms with Gasteiger partial charge in [0.15, 0.2) is 0 Å². The van der Waals surface area contributed by atoms with E-state index in [0.29, 0.717) is 18.7 Å². The number of hydrogen-bond acceptors (Lipinski definition) is 3. The Kier molecular flexibility index (Phi) is 5.24. The van der Waals surface area contributed by atoms with E-state index in [2.05, 4.69) is 26.6 Å². The van der Waals surface area contributed by atoms with Crippen LogP contribution in [0.1, 0.15) is 29.5 Å². The fourth-order valence-electron chi connectivity index (χ4n) is 1.74. The molecule has 20 heavy (non-hydrogen) atoms. The van der Waals surface area contributed by atoms with Crippen molar-refractivity contribution in [3.05, 3.63) is 52.4 Å². The molecule has 0 saturated carbocycles. The van der Waals surface area contributed by atoms with E-state index in [1.54, 1.807) is 12.3 Å². The van der Waals surface area contributed by atoms with Crippen LogP contribution in [-0.4, -0.2) is 12.5 Å². The lowest BCUT2D eigenvalue weighted by Crippen LogP contribution is -2.23. The van der Waals surface area contributed by atoms with E-state index in [9.17, 15) is 4.79 Å². The van der Waals surface area contributed by atoms with Gasteiger partial charge in [-0.3, -0.25) is 4.79 Å².